The van der Waals surface area contributed by atoms with Crippen LogP contribution in [0.25, 0.3) is 33.8 Å². The zero-order valence-electron chi connectivity index (χ0n) is 25.7. The Balaban J connectivity index is 1.65. The highest BCUT2D eigenvalue weighted by Gasteiger charge is 2.37. The average molecular weight is 655 g/mol. The summed E-state index contributed by atoms with van der Waals surface area (Å²) in [6, 6.07) is 13.2. The maximum atomic E-state index is 15.5. The lowest BCUT2D eigenvalue weighted by Crippen LogP contribution is -2.35. The van der Waals surface area contributed by atoms with Crippen molar-refractivity contribution in [2.24, 2.45) is 0 Å². The van der Waals surface area contributed by atoms with E-state index in [4.69, 9.17) is 4.74 Å². The topological polar surface area (TPSA) is 77.4 Å². The number of nitrogens with zero attached hydrogens (tertiary/aromatic N) is 1. The molecule has 4 aromatic rings. The van der Waals surface area contributed by atoms with E-state index < -0.39 is 44.3 Å². The zero-order chi connectivity index (χ0) is 33.0. The number of hydrogen-bond acceptors (Lipinski definition) is 4. The van der Waals surface area contributed by atoms with Gasteiger partial charge in [0.05, 0.1) is 23.6 Å². The highest BCUT2D eigenvalue weighted by Crippen LogP contribution is 2.48. The minimum Gasteiger partial charge on any atom is -0.497 e. The molecule has 0 bridgehead atoms. The number of aromatic nitrogens is 1. The van der Waals surface area contributed by atoms with Gasteiger partial charge in [-0.3, -0.25) is 4.79 Å². The monoisotopic (exact) mass is 654 g/mol. The molecule has 1 N–H and O–H groups in total. The van der Waals surface area contributed by atoms with Crippen LogP contribution < -0.4 is 9.46 Å². The van der Waals surface area contributed by atoms with Crippen LogP contribution in [-0.4, -0.2) is 31.3 Å². The highest BCUT2D eigenvalue weighted by atomic mass is 32.2. The number of fused-ring (bicyclic) bond motifs is 5. The number of nitrogens with one attached hydrogen (secondary N) is 1. The van der Waals surface area contributed by atoms with Crippen molar-refractivity contribution in [3.05, 3.63) is 88.2 Å². The van der Waals surface area contributed by atoms with Crippen LogP contribution in [-0.2, 0) is 22.7 Å². The lowest BCUT2D eigenvalue weighted by Gasteiger charge is -2.24. The predicted molar refractivity (Wildman–Crippen MR) is 171 cm³/mol. The molecule has 6 nitrogen and oxygen atoms in total. The number of halogens is 4. The molecule has 1 aliphatic heterocycles. The van der Waals surface area contributed by atoms with Crippen molar-refractivity contribution >= 4 is 38.5 Å². The second-order valence-electron chi connectivity index (χ2n) is 12.2. The molecular weight excluding hydrogens is 620 g/mol. The number of rotatable bonds is 6. The summed E-state index contributed by atoms with van der Waals surface area (Å²) in [6.45, 7) is 2.79. The Morgan fingerprint density at radius 2 is 1.76 bits per heavy atom. The first-order valence-corrected chi connectivity index (χ1v) is 16.8. The highest BCUT2D eigenvalue weighted by molar-refractivity contribution is 7.90. The Bertz CT molecular complexity index is 1990. The van der Waals surface area contributed by atoms with E-state index in [1.807, 2.05) is 10.6 Å². The Labute approximate surface area is 265 Å². The largest absolute Gasteiger partial charge is 0.497 e. The minimum atomic E-state index is -4.82. The molecule has 11 heteroatoms. The summed E-state index contributed by atoms with van der Waals surface area (Å²) >= 11 is 0. The van der Waals surface area contributed by atoms with E-state index in [2.05, 4.69) is 4.72 Å². The average Bonchev–Trinajstić information content (AvgIpc) is 3.23. The number of hydrogen-bond donors (Lipinski definition) is 1. The van der Waals surface area contributed by atoms with Crippen molar-refractivity contribution in [1.82, 2.24) is 9.29 Å². The molecule has 1 saturated carbocycles. The number of amides is 1. The maximum absolute atomic E-state index is 15.5. The quantitative estimate of drug-likeness (QED) is 0.212. The lowest BCUT2D eigenvalue weighted by molar-refractivity contribution is -0.138. The van der Waals surface area contributed by atoms with E-state index in [1.165, 1.54) is 21.0 Å². The summed E-state index contributed by atoms with van der Waals surface area (Å²) in [4.78, 5) is 13.2. The number of alkyl halides is 3. The van der Waals surface area contributed by atoms with Crippen molar-refractivity contribution < 1.29 is 35.5 Å². The van der Waals surface area contributed by atoms with Crippen LogP contribution in [0.2, 0.25) is 0 Å². The Kier molecular flexibility index (Phi) is 8.25. The van der Waals surface area contributed by atoms with Gasteiger partial charge in [0.25, 0.3) is 5.91 Å². The van der Waals surface area contributed by atoms with E-state index in [9.17, 15) is 26.4 Å². The molecule has 1 aliphatic carbocycles. The van der Waals surface area contributed by atoms with E-state index >= 15 is 4.39 Å². The van der Waals surface area contributed by atoms with Gasteiger partial charge >= 0.3 is 6.18 Å². The summed E-state index contributed by atoms with van der Waals surface area (Å²) < 4.78 is 92.9. The summed E-state index contributed by atoms with van der Waals surface area (Å²) in [7, 11) is -2.43. The van der Waals surface area contributed by atoms with Crippen molar-refractivity contribution in [1.29, 1.82) is 0 Å². The van der Waals surface area contributed by atoms with E-state index in [1.54, 1.807) is 36.4 Å². The van der Waals surface area contributed by atoms with Crippen molar-refractivity contribution in [2.75, 3.05) is 7.11 Å². The molecule has 0 atom stereocenters. The number of carbonyl (C=O) groups is 1. The van der Waals surface area contributed by atoms with Gasteiger partial charge in [0.15, 0.2) is 0 Å². The van der Waals surface area contributed by atoms with Crippen molar-refractivity contribution in [2.45, 2.75) is 69.8 Å². The summed E-state index contributed by atoms with van der Waals surface area (Å²) in [5, 5.41) is -0.0230. The van der Waals surface area contributed by atoms with Gasteiger partial charge in [0, 0.05) is 34.1 Å². The van der Waals surface area contributed by atoms with Crippen LogP contribution in [0.5, 0.6) is 5.75 Å². The molecule has 242 valence electrons. The Morgan fingerprint density at radius 3 is 2.43 bits per heavy atom. The lowest BCUT2D eigenvalue weighted by atomic mass is 9.81. The number of carbonyl (C=O) groups excluding carboxylic acids is 1. The second-order valence-corrected chi connectivity index (χ2v) is 14.5. The molecule has 2 heterocycles. The minimum absolute atomic E-state index is 0.0822. The van der Waals surface area contributed by atoms with E-state index in [0.29, 0.717) is 16.8 Å². The van der Waals surface area contributed by atoms with Crippen molar-refractivity contribution in [3.63, 3.8) is 0 Å². The SMILES string of the molecule is COc1ccc2c(c1)C=C(c1c(F)cccc1C(F)(F)F)Cn1c-2c(C2CCCCC2)c2ccc(C(=O)NS(=O)(=O)C(C)C)cc21. The predicted octanol–water partition coefficient (Wildman–Crippen LogP) is 8.54. The standard InChI is InChI=1S/C35H34F4N2O4S/c1-20(2)46(43,44)40-34(42)22-12-14-27-30(18-22)41-19-24(32-28(35(37,38)39)10-7-11-29(32)36)16-23-17-25(45-3)13-15-26(23)33(41)31(27)21-8-5-4-6-9-21/h7,10-18,20-21H,4-6,8-9,19H2,1-3H3,(H,40,42). The number of methoxy groups -OCH3 is 1. The Morgan fingerprint density at radius 1 is 1.02 bits per heavy atom. The first-order valence-electron chi connectivity index (χ1n) is 15.3. The van der Waals surface area contributed by atoms with Gasteiger partial charge in [-0.25, -0.2) is 17.5 Å². The third-order valence-electron chi connectivity index (χ3n) is 9.05. The molecule has 1 aromatic heterocycles. The summed E-state index contributed by atoms with van der Waals surface area (Å²) in [6.07, 6.45) is 1.74. The number of ether oxygens (including phenoxy) is 1. The van der Waals surface area contributed by atoms with Crippen LogP contribution in [0.1, 0.15) is 84.5 Å². The van der Waals surface area contributed by atoms with Crippen LogP contribution >= 0.6 is 0 Å². The third-order valence-corrected chi connectivity index (χ3v) is 10.8. The third kappa shape index (κ3) is 5.70. The van der Waals surface area contributed by atoms with Crippen LogP contribution in [0.15, 0.2) is 54.6 Å². The van der Waals surface area contributed by atoms with Gasteiger partial charge < -0.3 is 9.30 Å². The molecular formula is C35H34F4N2O4S. The van der Waals surface area contributed by atoms with Crippen LogP contribution in [0.3, 0.4) is 0 Å². The van der Waals surface area contributed by atoms with Crippen molar-refractivity contribution in [3.8, 4) is 17.0 Å². The Hall–Kier alpha value is -4.12. The van der Waals surface area contributed by atoms with E-state index in [0.717, 1.165) is 72.5 Å². The molecule has 0 radical (unpaired) electrons. The molecule has 1 fully saturated rings. The van der Waals surface area contributed by atoms with Gasteiger partial charge in [0.2, 0.25) is 10.0 Å². The fraction of sp³-hybridized carbons (Fsp3) is 0.343. The second kappa shape index (κ2) is 11.9. The first kappa shape index (κ1) is 31.8. The van der Waals surface area contributed by atoms with Gasteiger partial charge in [-0.15, -0.1) is 0 Å². The number of allylic oxidation sites excluding steroid dienone is 1. The fourth-order valence-electron chi connectivity index (χ4n) is 6.73. The normalized spacial score (nSPS) is 15.7. The summed E-state index contributed by atoms with van der Waals surface area (Å²) in [5.41, 5.74) is 2.21. The molecule has 3 aromatic carbocycles. The fourth-order valence-corrected chi connectivity index (χ4v) is 7.34. The molecule has 2 aliphatic rings. The molecule has 46 heavy (non-hydrogen) atoms. The van der Waals surface area contributed by atoms with Crippen LogP contribution in [0, 0.1) is 5.82 Å². The van der Waals surface area contributed by atoms with Gasteiger partial charge in [-0.05, 0) is 97.8 Å². The van der Waals surface area contributed by atoms with Gasteiger partial charge in [-0.1, -0.05) is 31.4 Å². The van der Waals surface area contributed by atoms with Crippen LogP contribution in [0.4, 0.5) is 17.6 Å². The number of sulfonamides is 1. The smallest absolute Gasteiger partial charge is 0.417 e. The molecule has 6 rings (SSSR count). The molecule has 1 amide bonds. The molecule has 0 saturated heterocycles. The molecule has 0 spiro atoms. The van der Waals surface area contributed by atoms with E-state index in [-0.39, 0.29) is 23.6 Å². The maximum Gasteiger partial charge on any atom is 0.417 e. The first-order chi connectivity index (χ1) is 21.8. The van der Waals surface area contributed by atoms with Gasteiger partial charge in [-0.2, -0.15) is 13.2 Å². The number of benzene rings is 3. The molecule has 0 unspecified atom stereocenters. The zero-order valence-corrected chi connectivity index (χ0v) is 26.5. The van der Waals surface area contributed by atoms with Gasteiger partial charge in [0.1, 0.15) is 11.6 Å². The summed E-state index contributed by atoms with van der Waals surface area (Å²) in [5.74, 6) is -1.18.